The van der Waals surface area contributed by atoms with Crippen molar-refractivity contribution in [1.82, 2.24) is 4.90 Å². The van der Waals surface area contributed by atoms with Gasteiger partial charge < -0.3 is 20.9 Å². The lowest BCUT2D eigenvalue weighted by Gasteiger charge is -2.33. The van der Waals surface area contributed by atoms with Gasteiger partial charge in [0.2, 0.25) is 5.91 Å². The third kappa shape index (κ3) is 3.32. The zero-order valence-corrected chi connectivity index (χ0v) is 11.9. The van der Waals surface area contributed by atoms with E-state index in [0.29, 0.717) is 36.5 Å². The Balaban J connectivity index is 2.28. The molecule has 0 bridgehead atoms. The molecule has 114 valence electrons. The third-order valence-corrected chi connectivity index (χ3v) is 3.51. The fourth-order valence-corrected chi connectivity index (χ4v) is 2.41. The van der Waals surface area contributed by atoms with E-state index in [1.54, 1.807) is 18.2 Å². The summed E-state index contributed by atoms with van der Waals surface area (Å²) >= 11 is 0. The Morgan fingerprint density at radius 2 is 2.24 bits per heavy atom. The van der Waals surface area contributed by atoms with Gasteiger partial charge in [-0.2, -0.15) is 0 Å². The minimum atomic E-state index is -0.509. The summed E-state index contributed by atoms with van der Waals surface area (Å²) in [6, 6.07) is 4.68. The summed E-state index contributed by atoms with van der Waals surface area (Å²) in [7, 11) is 1.31. The highest BCUT2D eigenvalue weighted by molar-refractivity contribution is 5.96. The fraction of sp³-hybridized carbons (Fsp3) is 0.429. The molecule has 0 radical (unpaired) electrons. The van der Waals surface area contributed by atoms with Crippen LogP contribution in [0.2, 0.25) is 0 Å². The molecule has 1 saturated heterocycles. The molecule has 0 saturated carbocycles. The monoisotopic (exact) mass is 293 g/mol. The number of primary amides is 1. The number of nitrogens with two attached hydrogens (primary N) is 2. The maximum absolute atomic E-state index is 11.9. The van der Waals surface area contributed by atoms with Gasteiger partial charge in [0.1, 0.15) is 6.04 Å². The first-order chi connectivity index (χ1) is 10.0. The van der Waals surface area contributed by atoms with Crippen LogP contribution in [0, 0.1) is 0 Å². The average Bonchev–Trinajstić information content (AvgIpc) is 2.47. The number of methoxy groups -OCH3 is 1. The van der Waals surface area contributed by atoms with Crippen molar-refractivity contribution in [3.05, 3.63) is 29.3 Å². The molecule has 1 heterocycles. The van der Waals surface area contributed by atoms with Crippen LogP contribution in [0.25, 0.3) is 0 Å². The highest BCUT2D eigenvalue weighted by Crippen LogP contribution is 2.21. The Labute approximate surface area is 122 Å². The van der Waals surface area contributed by atoms with Crippen molar-refractivity contribution in [2.75, 3.05) is 32.6 Å². The van der Waals surface area contributed by atoms with Crippen LogP contribution in [0.4, 0.5) is 5.69 Å². The van der Waals surface area contributed by atoms with E-state index >= 15 is 0 Å². The van der Waals surface area contributed by atoms with E-state index in [9.17, 15) is 9.59 Å². The molecule has 1 aliphatic heterocycles. The van der Waals surface area contributed by atoms with Crippen LogP contribution in [-0.4, -0.2) is 49.7 Å². The smallest absolute Gasteiger partial charge is 0.340 e. The number of esters is 1. The quantitative estimate of drug-likeness (QED) is 0.585. The van der Waals surface area contributed by atoms with E-state index in [1.807, 2.05) is 4.90 Å². The Hall–Kier alpha value is -2.12. The maximum atomic E-state index is 11.9. The number of anilines is 1. The van der Waals surface area contributed by atoms with Gasteiger partial charge in [-0.05, 0) is 11.6 Å². The lowest BCUT2D eigenvalue weighted by Crippen LogP contribution is -2.52. The number of rotatable bonds is 4. The normalized spacial score (nSPS) is 19.2. The van der Waals surface area contributed by atoms with Crippen LogP contribution in [0.15, 0.2) is 18.2 Å². The first kappa shape index (κ1) is 15.3. The van der Waals surface area contributed by atoms with Gasteiger partial charge in [0, 0.05) is 18.8 Å². The van der Waals surface area contributed by atoms with Crippen LogP contribution in [0.5, 0.6) is 0 Å². The van der Waals surface area contributed by atoms with E-state index in [4.69, 9.17) is 20.9 Å². The molecule has 1 aromatic rings. The zero-order chi connectivity index (χ0) is 15.4. The van der Waals surface area contributed by atoms with Crippen molar-refractivity contribution >= 4 is 17.6 Å². The lowest BCUT2D eigenvalue weighted by molar-refractivity contribution is -0.129. The summed E-state index contributed by atoms with van der Waals surface area (Å²) in [5.74, 6) is -0.940. The SMILES string of the molecule is COC(=O)c1c(N)cccc1CN1CCOCC1C(N)=O. The number of benzene rings is 1. The molecule has 0 aliphatic carbocycles. The van der Waals surface area contributed by atoms with Gasteiger partial charge in [0.05, 0.1) is 25.9 Å². The largest absolute Gasteiger partial charge is 0.465 e. The highest BCUT2D eigenvalue weighted by atomic mass is 16.5. The molecule has 0 spiro atoms. The van der Waals surface area contributed by atoms with E-state index in [-0.39, 0.29) is 6.61 Å². The Kier molecular flexibility index (Phi) is 4.77. The molecular formula is C14H19N3O4. The van der Waals surface area contributed by atoms with Gasteiger partial charge in [-0.1, -0.05) is 12.1 Å². The molecular weight excluding hydrogens is 274 g/mol. The summed E-state index contributed by atoms with van der Waals surface area (Å²) in [5.41, 5.74) is 12.6. The van der Waals surface area contributed by atoms with Gasteiger partial charge in [-0.3, -0.25) is 9.69 Å². The molecule has 0 aromatic heterocycles. The minimum absolute atomic E-state index is 0.255. The van der Waals surface area contributed by atoms with Crippen molar-refractivity contribution in [3.8, 4) is 0 Å². The maximum Gasteiger partial charge on any atom is 0.340 e. The second-order valence-electron chi connectivity index (χ2n) is 4.84. The predicted octanol–water partition coefficient (Wildman–Crippen LogP) is -0.258. The van der Waals surface area contributed by atoms with E-state index < -0.39 is 17.9 Å². The first-order valence-electron chi connectivity index (χ1n) is 6.61. The second-order valence-corrected chi connectivity index (χ2v) is 4.84. The molecule has 1 amide bonds. The van der Waals surface area contributed by atoms with Gasteiger partial charge in [-0.25, -0.2) is 4.79 Å². The van der Waals surface area contributed by atoms with Crippen LogP contribution >= 0.6 is 0 Å². The number of carbonyl (C=O) groups is 2. The molecule has 21 heavy (non-hydrogen) atoms. The van der Waals surface area contributed by atoms with Gasteiger partial charge in [0.25, 0.3) is 0 Å². The second kappa shape index (κ2) is 6.55. The summed E-state index contributed by atoms with van der Waals surface area (Å²) < 4.78 is 10.0. The summed E-state index contributed by atoms with van der Waals surface area (Å²) in [6.45, 7) is 1.71. The molecule has 1 atom stereocenters. The van der Waals surface area contributed by atoms with Gasteiger partial charge in [0.15, 0.2) is 0 Å². The number of hydrogen-bond donors (Lipinski definition) is 2. The molecule has 1 aliphatic rings. The van der Waals surface area contributed by atoms with Crippen molar-refractivity contribution < 1.29 is 19.1 Å². The number of hydrogen-bond acceptors (Lipinski definition) is 6. The number of nitrogen functional groups attached to an aromatic ring is 1. The number of carbonyl (C=O) groups excluding carboxylic acids is 2. The van der Waals surface area contributed by atoms with Crippen molar-refractivity contribution in [1.29, 1.82) is 0 Å². The summed E-state index contributed by atoms with van der Waals surface area (Å²) in [6.07, 6.45) is 0. The molecule has 2 rings (SSSR count). The Bertz CT molecular complexity index is 547. The van der Waals surface area contributed by atoms with Gasteiger partial charge >= 0.3 is 5.97 Å². The Morgan fingerprint density at radius 1 is 1.48 bits per heavy atom. The summed E-state index contributed by atoms with van der Waals surface area (Å²) in [5, 5.41) is 0. The number of ether oxygens (including phenoxy) is 2. The topological polar surface area (TPSA) is 108 Å². The molecule has 1 aromatic carbocycles. The fourth-order valence-electron chi connectivity index (χ4n) is 2.41. The molecule has 7 heteroatoms. The van der Waals surface area contributed by atoms with E-state index in [1.165, 1.54) is 7.11 Å². The average molecular weight is 293 g/mol. The first-order valence-corrected chi connectivity index (χ1v) is 6.61. The standard InChI is InChI=1S/C14H19N3O4/c1-20-14(19)12-9(3-2-4-10(12)15)7-17-5-6-21-8-11(17)13(16)18/h2-4,11H,5-8,15H2,1H3,(H2,16,18). The van der Waals surface area contributed by atoms with Crippen LogP contribution in [0.1, 0.15) is 15.9 Å². The van der Waals surface area contributed by atoms with Crippen LogP contribution in [0.3, 0.4) is 0 Å². The van der Waals surface area contributed by atoms with Crippen LogP contribution in [-0.2, 0) is 20.8 Å². The summed E-state index contributed by atoms with van der Waals surface area (Å²) in [4.78, 5) is 25.2. The van der Waals surface area contributed by atoms with Gasteiger partial charge in [-0.15, -0.1) is 0 Å². The molecule has 1 fully saturated rings. The van der Waals surface area contributed by atoms with Crippen molar-refractivity contribution in [3.63, 3.8) is 0 Å². The van der Waals surface area contributed by atoms with E-state index in [0.717, 1.165) is 0 Å². The lowest BCUT2D eigenvalue weighted by atomic mass is 10.0. The van der Waals surface area contributed by atoms with E-state index in [2.05, 4.69) is 0 Å². The van der Waals surface area contributed by atoms with Crippen molar-refractivity contribution in [2.24, 2.45) is 5.73 Å². The highest BCUT2D eigenvalue weighted by Gasteiger charge is 2.29. The number of morpholine rings is 1. The molecule has 4 N–H and O–H groups in total. The minimum Gasteiger partial charge on any atom is -0.465 e. The number of nitrogens with zero attached hydrogens (tertiary/aromatic N) is 1. The zero-order valence-electron chi connectivity index (χ0n) is 11.9. The van der Waals surface area contributed by atoms with Crippen LogP contribution < -0.4 is 11.5 Å². The molecule has 7 nitrogen and oxygen atoms in total. The van der Waals surface area contributed by atoms with Crippen molar-refractivity contribution in [2.45, 2.75) is 12.6 Å². The predicted molar refractivity (Wildman–Crippen MR) is 76.4 cm³/mol. The Morgan fingerprint density at radius 3 is 2.90 bits per heavy atom. The number of amides is 1. The third-order valence-electron chi connectivity index (χ3n) is 3.51. The molecule has 1 unspecified atom stereocenters.